The Bertz CT molecular complexity index is 256. The molecule has 2 atom stereocenters. The normalized spacial score (nSPS) is 29.0. The molecule has 0 radical (unpaired) electrons. The van der Waals surface area contributed by atoms with Gasteiger partial charge in [-0.2, -0.15) is 0 Å². The second kappa shape index (κ2) is 5.89. The van der Waals surface area contributed by atoms with E-state index in [4.69, 9.17) is 0 Å². The zero-order valence-corrected chi connectivity index (χ0v) is 12.4. The molecule has 3 heteroatoms. The number of hydrogen-bond donors (Lipinski definition) is 1. The second-order valence-electron chi connectivity index (χ2n) is 7.16. The average Bonchev–Trinajstić information content (AvgIpc) is 2.94. The Morgan fingerprint density at radius 1 is 1.17 bits per heavy atom. The van der Waals surface area contributed by atoms with Crippen molar-refractivity contribution in [2.45, 2.75) is 58.6 Å². The van der Waals surface area contributed by atoms with E-state index in [1.54, 1.807) is 0 Å². The standard InChI is InChI=1S/C15H30N2O/c1-15(2,3)14(18)7-11-16-10-6-13(12-16)17-8-4-5-9-17/h13-14,18H,4-12H2,1-3H3. The first kappa shape index (κ1) is 14.3. The van der Waals surface area contributed by atoms with E-state index in [1.807, 2.05) is 0 Å². The van der Waals surface area contributed by atoms with Gasteiger partial charge in [0.15, 0.2) is 0 Å². The molecule has 0 bridgehead atoms. The smallest absolute Gasteiger partial charge is 0.0600 e. The van der Waals surface area contributed by atoms with Crippen molar-refractivity contribution < 1.29 is 5.11 Å². The SMILES string of the molecule is CC(C)(C)C(O)CCN1CCC(N2CCCC2)C1. The monoisotopic (exact) mass is 254 g/mol. The van der Waals surface area contributed by atoms with Crippen LogP contribution in [0.25, 0.3) is 0 Å². The molecule has 0 saturated carbocycles. The van der Waals surface area contributed by atoms with Gasteiger partial charge in [0.1, 0.15) is 0 Å². The zero-order chi connectivity index (χ0) is 13.2. The van der Waals surface area contributed by atoms with Gasteiger partial charge < -0.3 is 10.0 Å². The summed E-state index contributed by atoms with van der Waals surface area (Å²) in [6.45, 7) is 12.5. The molecule has 0 spiro atoms. The van der Waals surface area contributed by atoms with Crippen molar-refractivity contribution in [3.05, 3.63) is 0 Å². The molecule has 106 valence electrons. The lowest BCUT2D eigenvalue weighted by Gasteiger charge is -2.28. The topological polar surface area (TPSA) is 26.7 Å². The van der Waals surface area contributed by atoms with Gasteiger partial charge in [0.25, 0.3) is 0 Å². The summed E-state index contributed by atoms with van der Waals surface area (Å²) in [5.74, 6) is 0. The average molecular weight is 254 g/mol. The number of rotatable bonds is 4. The van der Waals surface area contributed by atoms with Gasteiger partial charge in [-0.3, -0.25) is 4.90 Å². The summed E-state index contributed by atoms with van der Waals surface area (Å²) < 4.78 is 0. The van der Waals surface area contributed by atoms with Gasteiger partial charge in [-0.15, -0.1) is 0 Å². The highest BCUT2D eigenvalue weighted by Crippen LogP contribution is 2.24. The van der Waals surface area contributed by atoms with Crippen LogP contribution < -0.4 is 0 Å². The van der Waals surface area contributed by atoms with Gasteiger partial charge in [0.05, 0.1) is 6.10 Å². The van der Waals surface area contributed by atoms with E-state index in [2.05, 4.69) is 30.6 Å². The number of aliphatic hydroxyl groups excluding tert-OH is 1. The molecule has 0 aromatic rings. The van der Waals surface area contributed by atoms with Gasteiger partial charge >= 0.3 is 0 Å². The largest absolute Gasteiger partial charge is 0.393 e. The van der Waals surface area contributed by atoms with Crippen LogP contribution in [0.2, 0.25) is 0 Å². The molecule has 3 nitrogen and oxygen atoms in total. The maximum Gasteiger partial charge on any atom is 0.0600 e. The zero-order valence-electron chi connectivity index (χ0n) is 12.4. The van der Waals surface area contributed by atoms with Crippen molar-refractivity contribution in [2.24, 2.45) is 5.41 Å². The summed E-state index contributed by atoms with van der Waals surface area (Å²) in [5, 5.41) is 10.1. The number of nitrogens with zero attached hydrogens (tertiary/aromatic N) is 2. The molecule has 18 heavy (non-hydrogen) atoms. The third-order valence-corrected chi connectivity index (χ3v) is 4.62. The van der Waals surface area contributed by atoms with E-state index in [1.165, 1.54) is 45.4 Å². The molecule has 0 amide bonds. The Morgan fingerprint density at radius 3 is 2.44 bits per heavy atom. The van der Waals surface area contributed by atoms with E-state index in [0.29, 0.717) is 0 Å². The predicted octanol–water partition coefficient (Wildman–Crippen LogP) is 1.95. The van der Waals surface area contributed by atoms with Crippen molar-refractivity contribution in [1.82, 2.24) is 9.80 Å². The summed E-state index contributed by atoms with van der Waals surface area (Å²) in [7, 11) is 0. The van der Waals surface area contributed by atoms with Crippen LogP contribution in [0.3, 0.4) is 0 Å². The summed E-state index contributed by atoms with van der Waals surface area (Å²) in [4.78, 5) is 5.21. The maximum absolute atomic E-state index is 10.1. The first-order valence-corrected chi connectivity index (χ1v) is 7.61. The van der Waals surface area contributed by atoms with E-state index in [-0.39, 0.29) is 11.5 Å². The molecule has 0 aromatic carbocycles. The van der Waals surface area contributed by atoms with Crippen LogP contribution in [-0.2, 0) is 0 Å². The summed E-state index contributed by atoms with van der Waals surface area (Å²) >= 11 is 0. The summed E-state index contributed by atoms with van der Waals surface area (Å²) in [6.07, 6.45) is 4.84. The van der Waals surface area contributed by atoms with Gasteiger partial charge in [-0.05, 0) is 50.7 Å². The van der Waals surface area contributed by atoms with Crippen molar-refractivity contribution in [2.75, 3.05) is 32.7 Å². The molecule has 2 rings (SSSR count). The van der Waals surface area contributed by atoms with Crippen molar-refractivity contribution >= 4 is 0 Å². The fraction of sp³-hybridized carbons (Fsp3) is 1.00. The molecule has 2 unspecified atom stereocenters. The summed E-state index contributed by atoms with van der Waals surface area (Å²) in [6, 6.07) is 0.791. The maximum atomic E-state index is 10.1. The second-order valence-corrected chi connectivity index (χ2v) is 7.16. The van der Waals surface area contributed by atoms with Crippen LogP contribution in [0.1, 0.15) is 46.5 Å². The van der Waals surface area contributed by atoms with Gasteiger partial charge in [0, 0.05) is 19.1 Å². The fourth-order valence-electron chi connectivity index (χ4n) is 3.16. The lowest BCUT2D eigenvalue weighted by atomic mass is 9.87. The van der Waals surface area contributed by atoms with Crippen LogP contribution in [-0.4, -0.2) is 59.8 Å². The Kier molecular flexibility index (Phi) is 4.68. The Morgan fingerprint density at radius 2 is 1.83 bits per heavy atom. The third kappa shape index (κ3) is 3.69. The first-order valence-electron chi connectivity index (χ1n) is 7.61. The molecule has 2 aliphatic rings. The minimum absolute atomic E-state index is 0.0219. The quantitative estimate of drug-likeness (QED) is 0.831. The lowest BCUT2D eigenvalue weighted by molar-refractivity contribution is 0.0471. The van der Waals surface area contributed by atoms with Crippen LogP contribution in [0, 0.1) is 5.41 Å². The van der Waals surface area contributed by atoms with E-state index >= 15 is 0 Å². The van der Waals surface area contributed by atoms with Gasteiger partial charge in [-0.25, -0.2) is 0 Å². The molecular formula is C15H30N2O. The van der Waals surface area contributed by atoms with Gasteiger partial charge in [0.2, 0.25) is 0 Å². The van der Waals surface area contributed by atoms with Crippen molar-refractivity contribution in [3.8, 4) is 0 Å². The van der Waals surface area contributed by atoms with Crippen molar-refractivity contribution in [3.63, 3.8) is 0 Å². The summed E-state index contributed by atoms with van der Waals surface area (Å²) in [5.41, 5.74) is 0.0219. The molecule has 1 N–H and O–H groups in total. The highest BCUT2D eigenvalue weighted by Gasteiger charge is 2.30. The van der Waals surface area contributed by atoms with Gasteiger partial charge in [-0.1, -0.05) is 20.8 Å². The van der Waals surface area contributed by atoms with Crippen LogP contribution in [0.4, 0.5) is 0 Å². The Balaban J connectivity index is 1.69. The van der Waals surface area contributed by atoms with Crippen LogP contribution >= 0.6 is 0 Å². The highest BCUT2D eigenvalue weighted by atomic mass is 16.3. The number of likely N-dealkylation sites (tertiary alicyclic amines) is 2. The molecular weight excluding hydrogens is 224 g/mol. The third-order valence-electron chi connectivity index (χ3n) is 4.62. The molecule has 0 aromatic heterocycles. The minimum Gasteiger partial charge on any atom is -0.393 e. The highest BCUT2D eigenvalue weighted by molar-refractivity contribution is 4.86. The molecule has 2 aliphatic heterocycles. The van der Waals surface area contributed by atoms with E-state index < -0.39 is 0 Å². The predicted molar refractivity (Wildman–Crippen MR) is 75.7 cm³/mol. The molecule has 0 aliphatic carbocycles. The fourth-order valence-corrected chi connectivity index (χ4v) is 3.16. The molecule has 2 fully saturated rings. The molecule has 2 heterocycles. The number of aliphatic hydroxyl groups is 1. The lowest BCUT2D eigenvalue weighted by Crippen LogP contribution is -2.36. The van der Waals surface area contributed by atoms with Crippen LogP contribution in [0.5, 0.6) is 0 Å². The van der Waals surface area contributed by atoms with E-state index in [0.717, 1.165) is 19.0 Å². The van der Waals surface area contributed by atoms with E-state index in [9.17, 15) is 5.11 Å². The Hall–Kier alpha value is -0.120. The van der Waals surface area contributed by atoms with Crippen molar-refractivity contribution in [1.29, 1.82) is 0 Å². The molecule has 2 saturated heterocycles. The minimum atomic E-state index is -0.177. The number of hydrogen-bond acceptors (Lipinski definition) is 3. The first-order chi connectivity index (χ1) is 8.47. The Labute approximate surface area is 112 Å². The van der Waals surface area contributed by atoms with Crippen LogP contribution in [0.15, 0.2) is 0 Å².